The lowest BCUT2D eigenvalue weighted by molar-refractivity contribution is -0.157. The summed E-state index contributed by atoms with van der Waals surface area (Å²) in [5.41, 5.74) is 3.77. The van der Waals surface area contributed by atoms with E-state index in [9.17, 15) is 22.8 Å². The second-order valence-electron chi connectivity index (χ2n) is 8.05. The minimum absolute atomic E-state index is 0.224. The Morgan fingerprint density at radius 2 is 1.91 bits per heavy atom. The minimum atomic E-state index is -4.50. The predicted molar refractivity (Wildman–Crippen MR) is 117 cm³/mol. The van der Waals surface area contributed by atoms with Crippen LogP contribution in [0, 0.1) is 19.8 Å². The molecule has 2 aromatic carbocycles. The van der Waals surface area contributed by atoms with E-state index in [4.69, 9.17) is 4.98 Å². The van der Waals surface area contributed by atoms with Gasteiger partial charge < -0.3 is 4.90 Å². The number of likely N-dealkylation sites (tertiary alicyclic amines) is 1. The normalized spacial score (nSPS) is 16.7. The van der Waals surface area contributed by atoms with E-state index < -0.39 is 24.5 Å². The van der Waals surface area contributed by atoms with Crippen LogP contribution in [0.15, 0.2) is 42.5 Å². The first-order valence-electron chi connectivity index (χ1n) is 10.2. The summed E-state index contributed by atoms with van der Waals surface area (Å²) in [5, 5.41) is 0.476. The van der Waals surface area contributed by atoms with Gasteiger partial charge in [0.1, 0.15) is 6.54 Å². The number of halogens is 3. The average Bonchev–Trinajstić information content (AvgIpc) is 3.32. The largest absolute Gasteiger partial charge is 0.406 e. The molecule has 2 heterocycles. The van der Waals surface area contributed by atoms with Crippen LogP contribution in [0.2, 0.25) is 0 Å². The first-order chi connectivity index (χ1) is 15.1. The third-order valence-corrected chi connectivity index (χ3v) is 6.73. The van der Waals surface area contributed by atoms with Crippen LogP contribution in [-0.2, 0) is 16.1 Å². The molecule has 0 saturated carbocycles. The van der Waals surface area contributed by atoms with E-state index in [2.05, 4.69) is 0 Å². The molecule has 1 fully saturated rings. The summed E-state index contributed by atoms with van der Waals surface area (Å²) in [5.74, 6) is -1.89. The Balaban J connectivity index is 1.66. The van der Waals surface area contributed by atoms with Crippen LogP contribution in [0.1, 0.15) is 23.1 Å². The van der Waals surface area contributed by atoms with E-state index in [1.54, 1.807) is 0 Å². The van der Waals surface area contributed by atoms with Gasteiger partial charge in [-0.25, -0.2) is 4.98 Å². The van der Waals surface area contributed by atoms with Crippen LogP contribution in [0.3, 0.4) is 0 Å². The Labute approximate surface area is 187 Å². The van der Waals surface area contributed by atoms with Crippen LogP contribution in [-0.4, -0.2) is 41.0 Å². The number of carbonyl (C=O) groups is 2. The summed E-state index contributed by atoms with van der Waals surface area (Å²) < 4.78 is 39.4. The highest BCUT2D eigenvalue weighted by molar-refractivity contribution is 7.22. The first-order valence-corrected chi connectivity index (χ1v) is 11.0. The quantitative estimate of drug-likeness (QED) is 0.546. The fourth-order valence-corrected chi connectivity index (χ4v) is 4.89. The maximum absolute atomic E-state index is 13.5. The van der Waals surface area contributed by atoms with Crippen molar-refractivity contribution < 1.29 is 22.8 Å². The SMILES string of the molecule is Cc1ccc2sc(N(Cc3ccccc3)C(=O)C3CC(=O)N(CC(F)(F)F)C3)nc2c1C. The molecule has 1 aliphatic rings. The van der Waals surface area contributed by atoms with Crippen LogP contribution in [0.4, 0.5) is 18.3 Å². The van der Waals surface area contributed by atoms with Gasteiger partial charge in [0, 0.05) is 13.0 Å². The molecule has 1 saturated heterocycles. The Hall–Kier alpha value is -2.94. The van der Waals surface area contributed by atoms with Gasteiger partial charge >= 0.3 is 6.18 Å². The molecule has 3 aromatic rings. The summed E-state index contributed by atoms with van der Waals surface area (Å²) in [6.07, 6.45) is -4.73. The molecule has 2 amide bonds. The van der Waals surface area contributed by atoms with E-state index in [1.807, 2.05) is 56.3 Å². The van der Waals surface area contributed by atoms with Gasteiger partial charge in [0.05, 0.1) is 22.7 Å². The van der Waals surface area contributed by atoms with Gasteiger partial charge in [-0.05, 0) is 36.6 Å². The number of carbonyl (C=O) groups excluding carboxylic acids is 2. The van der Waals surface area contributed by atoms with Crippen molar-refractivity contribution in [1.29, 1.82) is 0 Å². The number of aromatic nitrogens is 1. The number of rotatable bonds is 5. The summed E-state index contributed by atoms with van der Waals surface area (Å²) >= 11 is 1.36. The van der Waals surface area contributed by atoms with Crippen molar-refractivity contribution in [2.75, 3.05) is 18.0 Å². The van der Waals surface area contributed by atoms with Gasteiger partial charge in [-0.2, -0.15) is 13.2 Å². The lowest BCUT2D eigenvalue weighted by Gasteiger charge is -2.24. The number of alkyl halides is 3. The number of hydrogen-bond acceptors (Lipinski definition) is 4. The number of amides is 2. The fraction of sp³-hybridized carbons (Fsp3) is 0.348. The summed E-state index contributed by atoms with van der Waals surface area (Å²) in [4.78, 5) is 32.5. The molecule has 1 aromatic heterocycles. The highest BCUT2D eigenvalue weighted by Crippen LogP contribution is 2.34. The molecule has 0 N–H and O–H groups in total. The number of fused-ring (bicyclic) bond motifs is 1. The zero-order valence-electron chi connectivity index (χ0n) is 17.6. The molecule has 1 unspecified atom stereocenters. The molecule has 32 heavy (non-hydrogen) atoms. The van der Waals surface area contributed by atoms with E-state index in [0.717, 1.165) is 31.8 Å². The smallest absolute Gasteiger partial charge is 0.333 e. The van der Waals surface area contributed by atoms with E-state index in [0.29, 0.717) is 5.13 Å². The van der Waals surface area contributed by atoms with Crippen LogP contribution < -0.4 is 4.90 Å². The van der Waals surface area contributed by atoms with Crippen molar-refractivity contribution in [3.8, 4) is 0 Å². The van der Waals surface area contributed by atoms with Crippen LogP contribution in [0.25, 0.3) is 10.2 Å². The monoisotopic (exact) mass is 461 g/mol. The van der Waals surface area contributed by atoms with E-state index >= 15 is 0 Å². The third-order valence-electron chi connectivity index (χ3n) is 5.69. The summed E-state index contributed by atoms with van der Waals surface area (Å²) in [7, 11) is 0. The van der Waals surface area contributed by atoms with Gasteiger partial charge in [-0.15, -0.1) is 0 Å². The van der Waals surface area contributed by atoms with E-state index in [-0.39, 0.29) is 25.4 Å². The molecule has 0 bridgehead atoms. The van der Waals surface area contributed by atoms with Crippen molar-refractivity contribution in [3.05, 3.63) is 59.2 Å². The van der Waals surface area contributed by atoms with Gasteiger partial charge in [0.15, 0.2) is 5.13 Å². The highest BCUT2D eigenvalue weighted by Gasteiger charge is 2.42. The highest BCUT2D eigenvalue weighted by atomic mass is 32.1. The molecule has 4 rings (SSSR count). The second-order valence-corrected chi connectivity index (χ2v) is 9.06. The lowest BCUT2D eigenvalue weighted by atomic mass is 10.1. The zero-order chi connectivity index (χ0) is 23.0. The van der Waals surface area contributed by atoms with Crippen LogP contribution >= 0.6 is 11.3 Å². The molecular formula is C23H22F3N3O2S. The van der Waals surface area contributed by atoms with Crippen molar-refractivity contribution in [2.24, 2.45) is 5.92 Å². The fourth-order valence-electron chi connectivity index (χ4n) is 3.86. The van der Waals surface area contributed by atoms with E-state index in [1.165, 1.54) is 16.2 Å². The van der Waals surface area contributed by atoms with Crippen LogP contribution in [0.5, 0.6) is 0 Å². The number of hydrogen-bond donors (Lipinski definition) is 0. The molecular weight excluding hydrogens is 439 g/mol. The maximum atomic E-state index is 13.5. The number of benzene rings is 2. The van der Waals surface area contributed by atoms with Crippen molar-refractivity contribution in [1.82, 2.24) is 9.88 Å². The average molecular weight is 462 g/mol. The summed E-state index contributed by atoms with van der Waals surface area (Å²) in [6.45, 7) is 2.59. The van der Waals surface area contributed by atoms with Gasteiger partial charge in [-0.3, -0.25) is 14.5 Å². The molecule has 9 heteroatoms. The van der Waals surface area contributed by atoms with Gasteiger partial charge in [0.25, 0.3) is 0 Å². The molecule has 5 nitrogen and oxygen atoms in total. The van der Waals surface area contributed by atoms with Crippen molar-refractivity contribution in [3.63, 3.8) is 0 Å². The number of anilines is 1. The standard InChI is InChI=1S/C23H22F3N3O2S/c1-14-8-9-18-20(15(14)2)27-22(32-18)29(11-16-6-4-3-5-7-16)21(31)17-10-19(30)28(12-17)13-23(24,25)26/h3-9,17H,10-13H2,1-2H3. The third kappa shape index (κ3) is 4.62. The lowest BCUT2D eigenvalue weighted by Crippen LogP contribution is -2.39. The zero-order valence-corrected chi connectivity index (χ0v) is 18.5. The molecule has 1 atom stereocenters. The molecule has 0 spiro atoms. The number of nitrogens with zero attached hydrogens (tertiary/aromatic N) is 3. The molecule has 0 aliphatic carbocycles. The maximum Gasteiger partial charge on any atom is 0.406 e. The Kier molecular flexibility index (Phi) is 5.94. The van der Waals surface area contributed by atoms with Crippen molar-refractivity contribution in [2.45, 2.75) is 33.0 Å². The molecule has 168 valence electrons. The number of thiazole rings is 1. The van der Waals surface area contributed by atoms with Crippen molar-refractivity contribution >= 4 is 38.5 Å². The van der Waals surface area contributed by atoms with Gasteiger partial charge in [-0.1, -0.05) is 47.7 Å². The Morgan fingerprint density at radius 3 is 2.59 bits per heavy atom. The second kappa shape index (κ2) is 8.54. The molecule has 1 aliphatic heterocycles. The number of aryl methyl sites for hydroxylation is 2. The van der Waals surface area contributed by atoms with Gasteiger partial charge in [0.2, 0.25) is 11.8 Å². The molecule has 0 radical (unpaired) electrons. The Bertz CT molecular complexity index is 1160. The predicted octanol–water partition coefficient (Wildman–Crippen LogP) is 4.86. The summed E-state index contributed by atoms with van der Waals surface area (Å²) in [6, 6.07) is 13.3. The topological polar surface area (TPSA) is 53.5 Å². The first kappa shape index (κ1) is 22.3. The minimum Gasteiger partial charge on any atom is -0.333 e. The Morgan fingerprint density at radius 1 is 1.19 bits per heavy atom.